The van der Waals surface area contributed by atoms with Gasteiger partial charge in [-0.15, -0.1) is 0 Å². The number of fused-ring (bicyclic) bond motifs is 1. The van der Waals surface area contributed by atoms with E-state index in [-0.39, 0.29) is 29.6 Å². The number of nitrogens with zero attached hydrogens (tertiary/aromatic N) is 1. The van der Waals surface area contributed by atoms with Gasteiger partial charge in [-0.3, -0.25) is 14.6 Å². The standard InChI is InChI=1S/C22H25NO6/c1-5-29-22(27)17-12(3)23-15-9-11(2)16(21(26)28-4)20(25)19(15)18(17)13-7-6-8-14(24)10-13/h6-8,10-11,16,18-19,24H,5,9H2,1-4H3/t11-,16+,18-,19+/m1/s1. The summed E-state index contributed by atoms with van der Waals surface area (Å²) in [5.41, 5.74) is 2.00. The molecule has 0 amide bonds. The Hall–Kier alpha value is -2.96. The molecule has 0 saturated heterocycles. The molecule has 2 aliphatic rings. The van der Waals surface area contributed by atoms with Crippen LogP contribution in [0.15, 0.2) is 40.5 Å². The number of carbonyl (C=O) groups excluding carboxylic acids is 3. The van der Waals surface area contributed by atoms with Crippen LogP contribution in [-0.2, 0) is 23.9 Å². The molecule has 1 aromatic rings. The van der Waals surface area contributed by atoms with Crippen LogP contribution in [0.25, 0.3) is 0 Å². The summed E-state index contributed by atoms with van der Waals surface area (Å²) in [5, 5.41) is 10.00. The number of allylic oxidation sites excluding steroid dienone is 1. The molecule has 0 radical (unpaired) electrons. The number of phenols is 1. The van der Waals surface area contributed by atoms with Gasteiger partial charge in [-0.2, -0.15) is 0 Å². The fourth-order valence-electron chi connectivity index (χ4n) is 4.39. The Morgan fingerprint density at radius 3 is 2.62 bits per heavy atom. The van der Waals surface area contributed by atoms with E-state index < -0.39 is 29.7 Å². The van der Waals surface area contributed by atoms with Crippen molar-refractivity contribution in [3.05, 3.63) is 41.1 Å². The van der Waals surface area contributed by atoms with Crippen molar-refractivity contribution in [1.29, 1.82) is 0 Å². The van der Waals surface area contributed by atoms with Crippen molar-refractivity contribution >= 4 is 23.4 Å². The third-order valence-electron chi connectivity index (χ3n) is 5.60. The van der Waals surface area contributed by atoms with Gasteiger partial charge in [0.2, 0.25) is 0 Å². The van der Waals surface area contributed by atoms with Gasteiger partial charge in [-0.05, 0) is 43.9 Å². The third-order valence-corrected chi connectivity index (χ3v) is 5.60. The molecule has 1 aliphatic carbocycles. The number of rotatable bonds is 4. The van der Waals surface area contributed by atoms with Gasteiger partial charge < -0.3 is 14.6 Å². The average molecular weight is 399 g/mol. The SMILES string of the molecule is CCOC(=O)C1=C(C)N=C2C[C@@H](C)[C@H](C(=O)OC)C(=O)[C@@H]2[C@@H]1c1cccc(O)c1. The molecule has 1 N–H and O–H groups in total. The molecule has 0 aromatic heterocycles. The third kappa shape index (κ3) is 3.69. The van der Waals surface area contributed by atoms with E-state index in [1.165, 1.54) is 19.2 Å². The van der Waals surface area contributed by atoms with Crippen LogP contribution in [0, 0.1) is 17.8 Å². The lowest BCUT2D eigenvalue weighted by Gasteiger charge is -2.40. The summed E-state index contributed by atoms with van der Waals surface area (Å²) in [6.07, 6.45) is 0.443. The van der Waals surface area contributed by atoms with Gasteiger partial charge in [-0.1, -0.05) is 19.1 Å². The smallest absolute Gasteiger partial charge is 0.336 e. The lowest BCUT2D eigenvalue weighted by atomic mass is 9.64. The van der Waals surface area contributed by atoms with Gasteiger partial charge >= 0.3 is 11.9 Å². The molecule has 0 spiro atoms. The minimum atomic E-state index is -0.925. The second-order valence-corrected chi connectivity index (χ2v) is 7.46. The van der Waals surface area contributed by atoms with Gasteiger partial charge in [0.25, 0.3) is 0 Å². The van der Waals surface area contributed by atoms with Gasteiger partial charge in [0.05, 0.1) is 25.2 Å². The predicted octanol–water partition coefficient (Wildman–Crippen LogP) is 2.78. The van der Waals surface area contributed by atoms with E-state index in [1.807, 2.05) is 6.92 Å². The maximum Gasteiger partial charge on any atom is 0.336 e. The number of ketones is 1. The molecule has 7 nitrogen and oxygen atoms in total. The van der Waals surface area contributed by atoms with E-state index in [2.05, 4.69) is 4.99 Å². The molecule has 1 aliphatic heterocycles. The van der Waals surface area contributed by atoms with Crippen LogP contribution in [0.3, 0.4) is 0 Å². The number of aliphatic imine (C=N–C) groups is 1. The number of carbonyl (C=O) groups is 3. The number of methoxy groups -OCH3 is 1. The van der Waals surface area contributed by atoms with Crippen molar-refractivity contribution in [3.63, 3.8) is 0 Å². The van der Waals surface area contributed by atoms with Crippen LogP contribution in [0.5, 0.6) is 5.75 Å². The summed E-state index contributed by atoms with van der Waals surface area (Å²) in [6, 6.07) is 6.45. The zero-order chi connectivity index (χ0) is 21.3. The molecule has 1 fully saturated rings. The number of Topliss-reactive ketones (excluding diaryl/α,β-unsaturated/α-hetero) is 1. The van der Waals surface area contributed by atoms with Crippen molar-refractivity contribution in [3.8, 4) is 5.75 Å². The van der Waals surface area contributed by atoms with E-state index >= 15 is 0 Å². The van der Waals surface area contributed by atoms with E-state index in [0.717, 1.165) is 0 Å². The molecule has 29 heavy (non-hydrogen) atoms. The molecule has 0 unspecified atom stereocenters. The highest BCUT2D eigenvalue weighted by molar-refractivity contribution is 6.17. The molecular weight excluding hydrogens is 374 g/mol. The molecular formula is C22H25NO6. The molecule has 1 heterocycles. The van der Waals surface area contributed by atoms with Crippen molar-refractivity contribution in [2.24, 2.45) is 22.7 Å². The minimum absolute atomic E-state index is 0.0218. The van der Waals surface area contributed by atoms with E-state index in [0.29, 0.717) is 23.4 Å². The predicted molar refractivity (Wildman–Crippen MR) is 105 cm³/mol. The topological polar surface area (TPSA) is 102 Å². The van der Waals surface area contributed by atoms with Crippen molar-refractivity contribution in [2.45, 2.75) is 33.1 Å². The second kappa shape index (κ2) is 8.19. The summed E-state index contributed by atoms with van der Waals surface area (Å²) in [6.45, 7) is 5.42. The number of hydrogen-bond donors (Lipinski definition) is 1. The van der Waals surface area contributed by atoms with E-state index in [9.17, 15) is 19.5 Å². The van der Waals surface area contributed by atoms with E-state index in [1.54, 1.807) is 26.0 Å². The molecule has 0 bridgehead atoms. The molecule has 1 aromatic carbocycles. The first-order valence-electron chi connectivity index (χ1n) is 9.65. The van der Waals surface area contributed by atoms with Crippen LogP contribution in [0.2, 0.25) is 0 Å². The Morgan fingerprint density at radius 1 is 1.28 bits per heavy atom. The fourth-order valence-corrected chi connectivity index (χ4v) is 4.39. The Balaban J connectivity index is 2.18. The summed E-state index contributed by atoms with van der Waals surface area (Å²) in [7, 11) is 1.26. The Labute approximate surface area is 169 Å². The normalized spacial score (nSPS) is 26.5. The summed E-state index contributed by atoms with van der Waals surface area (Å²) in [4.78, 5) is 43.1. The van der Waals surface area contributed by atoms with Crippen LogP contribution in [0.4, 0.5) is 0 Å². The van der Waals surface area contributed by atoms with Gasteiger partial charge in [-0.25, -0.2) is 4.79 Å². The van der Waals surface area contributed by atoms with Crippen molar-refractivity contribution in [1.82, 2.24) is 0 Å². The maximum absolute atomic E-state index is 13.5. The first-order valence-corrected chi connectivity index (χ1v) is 9.65. The van der Waals surface area contributed by atoms with Gasteiger partial charge in [0.1, 0.15) is 11.7 Å². The number of aromatic hydroxyl groups is 1. The quantitative estimate of drug-likeness (QED) is 0.617. The number of esters is 2. The van der Waals surface area contributed by atoms with Crippen molar-refractivity contribution < 1.29 is 29.0 Å². The van der Waals surface area contributed by atoms with E-state index in [4.69, 9.17) is 9.47 Å². The maximum atomic E-state index is 13.5. The highest BCUT2D eigenvalue weighted by Gasteiger charge is 2.51. The van der Waals surface area contributed by atoms with Crippen LogP contribution >= 0.6 is 0 Å². The lowest BCUT2D eigenvalue weighted by Crippen LogP contribution is -2.48. The monoisotopic (exact) mass is 399 g/mol. The van der Waals surface area contributed by atoms with Crippen molar-refractivity contribution in [2.75, 3.05) is 13.7 Å². The molecule has 1 saturated carbocycles. The lowest BCUT2D eigenvalue weighted by molar-refractivity contribution is -0.152. The second-order valence-electron chi connectivity index (χ2n) is 7.46. The highest BCUT2D eigenvalue weighted by Crippen LogP contribution is 2.46. The first kappa shape index (κ1) is 20.8. The van der Waals surface area contributed by atoms with Crippen LogP contribution in [-0.4, -0.2) is 42.3 Å². The number of ether oxygens (including phenoxy) is 2. The number of benzene rings is 1. The Bertz CT molecular complexity index is 916. The Kier molecular flexibility index (Phi) is 5.86. The molecule has 7 heteroatoms. The van der Waals surface area contributed by atoms with Crippen LogP contribution in [0.1, 0.15) is 38.7 Å². The van der Waals surface area contributed by atoms with Gasteiger partial charge in [0, 0.05) is 17.3 Å². The minimum Gasteiger partial charge on any atom is -0.508 e. The Morgan fingerprint density at radius 2 is 2.00 bits per heavy atom. The summed E-state index contributed by atoms with van der Waals surface area (Å²) < 4.78 is 10.1. The summed E-state index contributed by atoms with van der Waals surface area (Å²) >= 11 is 0. The first-order chi connectivity index (χ1) is 13.8. The highest BCUT2D eigenvalue weighted by atomic mass is 16.5. The average Bonchev–Trinajstić information content (AvgIpc) is 2.66. The molecule has 3 rings (SSSR count). The largest absolute Gasteiger partial charge is 0.508 e. The zero-order valence-electron chi connectivity index (χ0n) is 17.0. The molecule has 4 atom stereocenters. The van der Waals surface area contributed by atoms with Crippen LogP contribution < -0.4 is 0 Å². The number of hydrogen-bond acceptors (Lipinski definition) is 7. The summed E-state index contributed by atoms with van der Waals surface area (Å²) in [5.74, 6) is -4.11. The molecule has 154 valence electrons. The fraction of sp³-hybridized carbons (Fsp3) is 0.455. The zero-order valence-corrected chi connectivity index (χ0v) is 17.0. The number of phenolic OH excluding ortho intramolecular Hbond substituents is 1. The van der Waals surface area contributed by atoms with Gasteiger partial charge in [0.15, 0.2) is 5.78 Å².